The number of thioether (sulfide) groups is 1. The van der Waals surface area contributed by atoms with Gasteiger partial charge in [0.05, 0.1) is 5.75 Å². The second-order valence-electron chi connectivity index (χ2n) is 7.05. The Morgan fingerprint density at radius 2 is 1.84 bits per heavy atom. The molecule has 0 spiro atoms. The SMILES string of the molecule is O=C(Nc1cccc(C2SCC(=O)N2c2ccc3c(c2)OCO3)c1)c1ccc(F)cc1. The van der Waals surface area contributed by atoms with Crippen LogP contribution in [-0.2, 0) is 4.79 Å². The molecule has 5 rings (SSSR count). The van der Waals surface area contributed by atoms with E-state index in [9.17, 15) is 14.0 Å². The average molecular weight is 436 g/mol. The maximum Gasteiger partial charge on any atom is 0.255 e. The van der Waals surface area contributed by atoms with Crippen molar-refractivity contribution in [3.05, 3.63) is 83.7 Å². The van der Waals surface area contributed by atoms with Crippen molar-refractivity contribution in [3.63, 3.8) is 0 Å². The molecule has 2 aliphatic rings. The number of halogens is 1. The highest BCUT2D eigenvalue weighted by atomic mass is 32.2. The van der Waals surface area contributed by atoms with Gasteiger partial charge >= 0.3 is 0 Å². The summed E-state index contributed by atoms with van der Waals surface area (Å²) >= 11 is 1.52. The van der Waals surface area contributed by atoms with Gasteiger partial charge in [-0.1, -0.05) is 12.1 Å². The molecule has 1 unspecified atom stereocenters. The number of carbonyl (C=O) groups is 2. The van der Waals surface area contributed by atoms with Crippen molar-refractivity contribution in [1.82, 2.24) is 0 Å². The fraction of sp³-hybridized carbons (Fsp3) is 0.130. The fourth-order valence-electron chi connectivity index (χ4n) is 3.56. The minimum atomic E-state index is -0.398. The van der Waals surface area contributed by atoms with Crippen molar-refractivity contribution >= 4 is 35.0 Å². The number of amides is 2. The molecule has 1 saturated heterocycles. The van der Waals surface area contributed by atoms with Crippen molar-refractivity contribution in [2.45, 2.75) is 5.37 Å². The highest BCUT2D eigenvalue weighted by Crippen LogP contribution is 2.45. The number of nitrogens with zero attached hydrogens (tertiary/aromatic N) is 1. The number of rotatable bonds is 4. The summed E-state index contributed by atoms with van der Waals surface area (Å²) in [5.41, 5.74) is 2.56. The van der Waals surface area contributed by atoms with Gasteiger partial charge in [0.2, 0.25) is 12.7 Å². The predicted octanol–water partition coefficient (Wildman–Crippen LogP) is 4.59. The second kappa shape index (κ2) is 7.96. The first-order chi connectivity index (χ1) is 15.1. The molecule has 0 bridgehead atoms. The molecule has 1 N–H and O–H groups in total. The van der Waals surface area contributed by atoms with E-state index < -0.39 is 5.82 Å². The Morgan fingerprint density at radius 3 is 2.68 bits per heavy atom. The molecule has 1 fully saturated rings. The quantitative estimate of drug-likeness (QED) is 0.648. The topological polar surface area (TPSA) is 67.9 Å². The predicted molar refractivity (Wildman–Crippen MR) is 116 cm³/mol. The van der Waals surface area contributed by atoms with Gasteiger partial charge in [-0.05, 0) is 54.1 Å². The van der Waals surface area contributed by atoms with Crippen LogP contribution in [0.4, 0.5) is 15.8 Å². The Hall–Kier alpha value is -3.52. The molecule has 2 aliphatic heterocycles. The monoisotopic (exact) mass is 436 g/mol. The molecular weight excluding hydrogens is 419 g/mol. The Bertz CT molecular complexity index is 1170. The van der Waals surface area contributed by atoms with E-state index in [1.165, 1.54) is 36.0 Å². The van der Waals surface area contributed by atoms with E-state index in [1.807, 2.05) is 24.3 Å². The van der Waals surface area contributed by atoms with Gasteiger partial charge in [-0.15, -0.1) is 11.8 Å². The molecule has 156 valence electrons. The zero-order valence-corrected chi connectivity index (χ0v) is 17.0. The zero-order chi connectivity index (χ0) is 21.4. The van der Waals surface area contributed by atoms with Gasteiger partial charge in [-0.3, -0.25) is 14.5 Å². The highest BCUT2D eigenvalue weighted by Gasteiger charge is 2.35. The van der Waals surface area contributed by atoms with Gasteiger partial charge in [-0.25, -0.2) is 4.39 Å². The average Bonchev–Trinajstić information content (AvgIpc) is 3.40. The minimum absolute atomic E-state index is 0.00499. The summed E-state index contributed by atoms with van der Waals surface area (Å²) < 4.78 is 23.9. The smallest absolute Gasteiger partial charge is 0.255 e. The lowest BCUT2D eigenvalue weighted by Gasteiger charge is -2.25. The Balaban J connectivity index is 1.40. The van der Waals surface area contributed by atoms with Crippen molar-refractivity contribution in [3.8, 4) is 11.5 Å². The first-order valence-electron chi connectivity index (χ1n) is 9.59. The number of ether oxygens (including phenoxy) is 2. The largest absolute Gasteiger partial charge is 0.454 e. The minimum Gasteiger partial charge on any atom is -0.454 e. The second-order valence-corrected chi connectivity index (χ2v) is 8.12. The lowest BCUT2D eigenvalue weighted by Crippen LogP contribution is -2.27. The molecule has 0 aromatic heterocycles. The molecule has 3 aromatic carbocycles. The summed E-state index contributed by atoms with van der Waals surface area (Å²) in [6.07, 6.45) is 0. The highest BCUT2D eigenvalue weighted by molar-refractivity contribution is 8.00. The summed E-state index contributed by atoms with van der Waals surface area (Å²) in [7, 11) is 0. The number of anilines is 2. The molecule has 2 heterocycles. The van der Waals surface area contributed by atoms with Crippen LogP contribution in [0.1, 0.15) is 21.3 Å². The van der Waals surface area contributed by atoms with E-state index in [1.54, 1.807) is 23.1 Å². The van der Waals surface area contributed by atoms with Crippen LogP contribution < -0.4 is 19.7 Å². The van der Waals surface area contributed by atoms with Crippen LogP contribution in [0.25, 0.3) is 0 Å². The van der Waals surface area contributed by atoms with Crippen LogP contribution >= 0.6 is 11.8 Å². The Labute approximate surface area is 182 Å². The summed E-state index contributed by atoms with van der Waals surface area (Å²) in [4.78, 5) is 26.9. The molecule has 8 heteroatoms. The van der Waals surface area contributed by atoms with E-state index in [-0.39, 0.29) is 24.0 Å². The number of carbonyl (C=O) groups excluding carboxylic acids is 2. The van der Waals surface area contributed by atoms with E-state index in [4.69, 9.17) is 9.47 Å². The van der Waals surface area contributed by atoms with Crippen LogP contribution in [0.3, 0.4) is 0 Å². The molecule has 31 heavy (non-hydrogen) atoms. The number of nitrogens with one attached hydrogen (secondary N) is 1. The van der Waals surface area contributed by atoms with Crippen LogP contribution in [0, 0.1) is 5.82 Å². The first kappa shape index (κ1) is 19.4. The van der Waals surface area contributed by atoms with Gasteiger partial charge in [0.25, 0.3) is 5.91 Å². The van der Waals surface area contributed by atoms with Crippen LogP contribution in [-0.4, -0.2) is 24.4 Å². The van der Waals surface area contributed by atoms with Crippen molar-refractivity contribution in [1.29, 1.82) is 0 Å². The maximum atomic E-state index is 13.1. The number of hydrogen-bond acceptors (Lipinski definition) is 5. The lowest BCUT2D eigenvalue weighted by molar-refractivity contribution is -0.115. The van der Waals surface area contributed by atoms with Gasteiger partial charge in [0, 0.05) is 23.0 Å². The summed E-state index contributed by atoms with van der Waals surface area (Å²) in [5, 5.41) is 2.59. The molecule has 0 saturated carbocycles. The number of hydrogen-bond donors (Lipinski definition) is 1. The van der Waals surface area contributed by atoms with Crippen molar-refractivity contribution < 1.29 is 23.5 Å². The third-order valence-corrected chi connectivity index (χ3v) is 6.25. The molecular formula is C23H17FN2O4S. The molecule has 0 aliphatic carbocycles. The molecule has 3 aromatic rings. The third kappa shape index (κ3) is 3.82. The van der Waals surface area contributed by atoms with E-state index in [0.717, 1.165) is 11.3 Å². The molecule has 1 atom stereocenters. The van der Waals surface area contributed by atoms with Crippen molar-refractivity contribution in [2.24, 2.45) is 0 Å². The molecule has 2 amide bonds. The third-order valence-electron chi connectivity index (χ3n) is 5.04. The van der Waals surface area contributed by atoms with E-state index in [0.29, 0.717) is 28.5 Å². The van der Waals surface area contributed by atoms with E-state index in [2.05, 4.69) is 5.32 Å². The Kier molecular flexibility index (Phi) is 4.99. The first-order valence-corrected chi connectivity index (χ1v) is 10.6. The van der Waals surface area contributed by atoms with Gasteiger partial charge < -0.3 is 14.8 Å². The normalized spacial score (nSPS) is 17.1. The van der Waals surface area contributed by atoms with Crippen molar-refractivity contribution in [2.75, 3.05) is 22.8 Å². The Morgan fingerprint density at radius 1 is 1.03 bits per heavy atom. The number of benzene rings is 3. The van der Waals surface area contributed by atoms with Gasteiger partial charge in [0.15, 0.2) is 11.5 Å². The van der Waals surface area contributed by atoms with Crippen LogP contribution in [0.2, 0.25) is 0 Å². The fourth-order valence-corrected chi connectivity index (χ4v) is 4.73. The summed E-state index contributed by atoms with van der Waals surface area (Å²) in [6.45, 7) is 0.167. The number of fused-ring (bicyclic) bond motifs is 1. The zero-order valence-electron chi connectivity index (χ0n) is 16.2. The van der Waals surface area contributed by atoms with E-state index >= 15 is 0 Å². The lowest BCUT2D eigenvalue weighted by atomic mass is 10.1. The maximum absolute atomic E-state index is 13.1. The van der Waals surface area contributed by atoms with Crippen LogP contribution in [0.5, 0.6) is 11.5 Å². The molecule has 0 radical (unpaired) electrons. The molecule has 6 nitrogen and oxygen atoms in total. The van der Waals surface area contributed by atoms with Crippen LogP contribution in [0.15, 0.2) is 66.7 Å². The van der Waals surface area contributed by atoms with Gasteiger partial charge in [0.1, 0.15) is 11.2 Å². The standard InChI is InChI=1S/C23H17FN2O4S/c24-16-6-4-14(5-7-16)22(28)25-17-3-1-2-15(10-17)23-26(21(27)12-31-23)18-8-9-19-20(11-18)30-13-29-19/h1-11,23H,12-13H2,(H,25,28). The summed E-state index contributed by atoms with van der Waals surface area (Å²) in [6, 6.07) is 18.2. The van der Waals surface area contributed by atoms with Gasteiger partial charge in [-0.2, -0.15) is 0 Å². The summed E-state index contributed by atoms with van der Waals surface area (Å²) in [5.74, 6) is 0.886.